The maximum Gasteiger partial charge on any atom is 0.282 e. The normalized spacial score (nSPS) is 9.90. The van der Waals surface area contributed by atoms with Crippen molar-refractivity contribution in [3.05, 3.63) is 63.7 Å². The molecule has 0 bridgehead atoms. The standard InChI is InChI=1S/C15H12N2O3S/c1-20-14-7-6-11(9-16)8-12(14)10-21-15-5-3-2-4-13(15)17(18)19/h2-8H,10H2,1H3. The third-order valence-corrected chi connectivity index (χ3v) is 3.97. The summed E-state index contributed by atoms with van der Waals surface area (Å²) in [5.74, 6) is 1.16. The van der Waals surface area contributed by atoms with Crippen molar-refractivity contribution in [2.75, 3.05) is 7.11 Å². The minimum atomic E-state index is -0.398. The number of hydrogen-bond acceptors (Lipinski definition) is 5. The summed E-state index contributed by atoms with van der Waals surface area (Å²) in [7, 11) is 1.56. The zero-order valence-corrected chi connectivity index (χ0v) is 12.1. The maximum absolute atomic E-state index is 11.0. The van der Waals surface area contributed by atoms with Crippen LogP contribution in [0.5, 0.6) is 5.75 Å². The molecule has 0 aliphatic carbocycles. The molecule has 0 aliphatic heterocycles. The van der Waals surface area contributed by atoms with Crippen LogP contribution in [0.25, 0.3) is 0 Å². The molecule has 2 rings (SSSR count). The van der Waals surface area contributed by atoms with Crippen molar-refractivity contribution in [2.45, 2.75) is 10.6 Å². The van der Waals surface area contributed by atoms with Gasteiger partial charge >= 0.3 is 0 Å². The predicted octanol–water partition coefficient (Wildman–Crippen LogP) is 3.77. The molecule has 0 aliphatic rings. The van der Waals surface area contributed by atoms with Crippen molar-refractivity contribution in [1.29, 1.82) is 5.26 Å². The number of para-hydroxylation sites is 1. The number of benzene rings is 2. The van der Waals surface area contributed by atoms with Gasteiger partial charge in [-0.1, -0.05) is 12.1 Å². The van der Waals surface area contributed by atoms with E-state index < -0.39 is 4.92 Å². The fourth-order valence-corrected chi connectivity index (χ4v) is 2.85. The topological polar surface area (TPSA) is 76.2 Å². The fourth-order valence-electron chi connectivity index (χ4n) is 1.85. The van der Waals surface area contributed by atoms with Crippen LogP contribution in [0.3, 0.4) is 0 Å². The lowest BCUT2D eigenvalue weighted by molar-refractivity contribution is -0.387. The molecule has 2 aromatic rings. The second-order valence-electron chi connectivity index (χ2n) is 4.15. The van der Waals surface area contributed by atoms with E-state index in [2.05, 4.69) is 6.07 Å². The molecule has 0 spiro atoms. The number of nitrogens with zero attached hydrogens (tertiary/aromatic N) is 2. The largest absolute Gasteiger partial charge is 0.496 e. The summed E-state index contributed by atoms with van der Waals surface area (Å²) in [4.78, 5) is 11.2. The lowest BCUT2D eigenvalue weighted by Crippen LogP contribution is -1.93. The molecule has 0 fully saturated rings. The van der Waals surface area contributed by atoms with Crippen molar-refractivity contribution in [1.82, 2.24) is 0 Å². The average molecular weight is 300 g/mol. The molecule has 2 aromatic carbocycles. The van der Waals surface area contributed by atoms with Gasteiger partial charge < -0.3 is 4.74 Å². The SMILES string of the molecule is COc1ccc(C#N)cc1CSc1ccccc1[N+](=O)[O-]. The summed E-state index contributed by atoms with van der Waals surface area (Å²) in [6, 6.07) is 13.8. The number of rotatable bonds is 5. The molecule has 0 saturated carbocycles. The highest BCUT2D eigenvalue weighted by molar-refractivity contribution is 7.98. The third-order valence-electron chi connectivity index (χ3n) is 2.85. The Morgan fingerprint density at radius 3 is 2.76 bits per heavy atom. The van der Waals surface area contributed by atoms with E-state index in [1.807, 2.05) is 0 Å². The van der Waals surface area contributed by atoms with Crippen LogP contribution in [-0.2, 0) is 5.75 Å². The van der Waals surface area contributed by atoms with Crippen molar-refractivity contribution in [3.63, 3.8) is 0 Å². The van der Waals surface area contributed by atoms with Gasteiger partial charge in [-0.15, -0.1) is 11.8 Å². The lowest BCUT2D eigenvalue weighted by atomic mass is 10.1. The van der Waals surface area contributed by atoms with E-state index >= 15 is 0 Å². The average Bonchev–Trinajstić information content (AvgIpc) is 2.52. The Morgan fingerprint density at radius 1 is 1.33 bits per heavy atom. The highest BCUT2D eigenvalue weighted by atomic mass is 32.2. The molecule has 0 amide bonds. The van der Waals surface area contributed by atoms with E-state index in [9.17, 15) is 10.1 Å². The number of hydrogen-bond donors (Lipinski definition) is 0. The van der Waals surface area contributed by atoms with E-state index in [-0.39, 0.29) is 5.69 Å². The minimum absolute atomic E-state index is 0.0814. The van der Waals surface area contributed by atoms with Crippen LogP contribution >= 0.6 is 11.8 Å². The minimum Gasteiger partial charge on any atom is -0.496 e. The summed E-state index contributed by atoms with van der Waals surface area (Å²) in [6.45, 7) is 0. The van der Waals surface area contributed by atoms with Gasteiger partial charge in [-0.05, 0) is 24.3 Å². The Hall–Kier alpha value is -2.52. The van der Waals surface area contributed by atoms with E-state index in [0.29, 0.717) is 22.0 Å². The van der Waals surface area contributed by atoms with Crippen molar-refractivity contribution >= 4 is 17.4 Å². The van der Waals surface area contributed by atoms with Gasteiger partial charge in [0.1, 0.15) is 5.75 Å². The monoisotopic (exact) mass is 300 g/mol. The molecule has 0 atom stereocenters. The van der Waals surface area contributed by atoms with Crippen LogP contribution in [0, 0.1) is 21.4 Å². The first-order valence-corrected chi connectivity index (χ1v) is 7.07. The second-order valence-corrected chi connectivity index (χ2v) is 5.17. The predicted molar refractivity (Wildman–Crippen MR) is 80.4 cm³/mol. The molecule has 0 radical (unpaired) electrons. The molecule has 0 N–H and O–H groups in total. The Bertz CT molecular complexity index is 710. The van der Waals surface area contributed by atoms with E-state index in [0.717, 1.165) is 5.56 Å². The fraction of sp³-hybridized carbons (Fsp3) is 0.133. The van der Waals surface area contributed by atoms with Gasteiger partial charge in [0, 0.05) is 17.4 Å². The van der Waals surface area contributed by atoms with Gasteiger partial charge in [0.25, 0.3) is 5.69 Å². The van der Waals surface area contributed by atoms with Gasteiger partial charge in [-0.2, -0.15) is 5.26 Å². The van der Waals surface area contributed by atoms with Gasteiger partial charge in [-0.25, -0.2) is 0 Å². The van der Waals surface area contributed by atoms with Crippen LogP contribution in [0.4, 0.5) is 5.69 Å². The Kier molecular flexibility index (Phi) is 4.80. The highest BCUT2D eigenvalue weighted by Gasteiger charge is 2.14. The number of thioether (sulfide) groups is 1. The lowest BCUT2D eigenvalue weighted by Gasteiger charge is -2.08. The Morgan fingerprint density at radius 2 is 2.10 bits per heavy atom. The summed E-state index contributed by atoms with van der Waals surface area (Å²) in [5, 5.41) is 19.9. The molecule has 21 heavy (non-hydrogen) atoms. The quantitative estimate of drug-likeness (QED) is 0.477. The summed E-state index contributed by atoms with van der Waals surface area (Å²) >= 11 is 1.35. The summed E-state index contributed by atoms with van der Waals surface area (Å²) in [5.41, 5.74) is 1.45. The van der Waals surface area contributed by atoms with Crippen LogP contribution in [0.15, 0.2) is 47.4 Å². The first-order chi connectivity index (χ1) is 10.2. The molecule has 6 heteroatoms. The molecule has 0 saturated heterocycles. The van der Waals surface area contributed by atoms with Crippen molar-refractivity contribution < 1.29 is 9.66 Å². The molecule has 0 unspecified atom stereocenters. The van der Waals surface area contributed by atoms with Gasteiger partial charge in [0.05, 0.1) is 28.6 Å². The Labute approximate surface area is 126 Å². The Balaban J connectivity index is 2.24. The van der Waals surface area contributed by atoms with Crippen LogP contribution in [0.1, 0.15) is 11.1 Å². The van der Waals surface area contributed by atoms with E-state index in [4.69, 9.17) is 10.00 Å². The molecule has 5 nitrogen and oxygen atoms in total. The van der Waals surface area contributed by atoms with Gasteiger partial charge in [-0.3, -0.25) is 10.1 Å². The smallest absolute Gasteiger partial charge is 0.282 e. The van der Waals surface area contributed by atoms with Gasteiger partial charge in [0.2, 0.25) is 0 Å². The van der Waals surface area contributed by atoms with E-state index in [1.54, 1.807) is 43.5 Å². The highest BCUT2D eigenvalue weighted by Crippen LogP contribution is 2.33. The zero-order chi connectivity index (χ0) is 15.2. The van der Waals surface area contributed by atoms with E-state index in [1.165, 1.54) is 17.8 Å². The van der Waals surface area contributed by atoms with Crippen LogP contribution in [-0.4, -0.2) is 12.0 Å². The molecular weight excluding hydrogens is 288 g/mol. The maximum atomic E-state index is 11.0. The first kappa shape index (κ1) is 14.9. The number of methoxy groups -OCH3 is 1. The first-order valence-electron chi connectivity index (χ1n) is 6.09. The number of nitriles is 1. The zero-order valence-electron chi connectivity index (χ0n) is 11.3. The molecule has 0 heterocycles. The number of nitro groups is 1. The van der Waals surface area contributed by atoms with Crippen molar-refractivity contribution in [3.8, 4) is 11.8 Å². The van der Waals surface area contributed by atoms with Crippen LogP contribution in [0.2, 0.25) is 0 Å². The summed E-state index contributed by atoms with van der Waals surface area (Å²) in [6.07, 6.45) is 0. The number of ether oxygens (including phenoxy) is 1. The molecular formula is C15H12N2O3S. The van der Waals surface area contributed by atoms with Crippen molar-refractivity contribution in [2.24, 2.45) is 0 Å². The molecule has 0 aromatic heterocycles. The molecule has 106 valence electrons. The second kappa shape index (κ2) is 6.77. The summed E-state index contributed by atoms with van der Waals surface area (Å²) < 4.78 is 5.25. The number of nitro benzene ring substituents is 1. The third kappa shape index (κ3) is 3.52. The van der Waals surface area contributed by atoms with Gasteiger partial charge in [0.15, 0.2) is 0 Å². The van der Waals surface area contributed by atoms with Crippen LogP contribution < -0.4 is 4.74 Å².